The smallest absolute Gasteiger partial charge is 0.340 e. The summed E-state index contributed by atoms with van der Waals surface area (Å²) in [6, 6.07) is 0.457. The molecule has 134 valence electrons. The molecule has 2 heterocycles. The molecule has 7 nitrogen and oxygen atoms in total. The number of esters is 1. The molecule has 0 unspecified atom stereocenters. The molecule has 0 atom stereocenters. The number of aryl methyl sites for hydroxylation is 3. The van der Waals surface area contributed by atoms with Crippen LogP contribution in [0.5, 0.6) is 0 Å². The fraction of sp³-hybridized carbons (Fsp3) is 0.529. The first kappa shape index (κ1) is 17.7. The Morgan fingerprint density at radius 2 is 1.88 bits per heavy atom. The van der Waals surface area contributed by atoms with Crippen LogP contribution in [0.3, 0.4) is 0 Å². The Labute approximate surface area is 150 Å². The van der Waals surface area contributed by atoms with Crippen LogP contribution in [0, 0.1) is 20.8 Å². The van der Waals surface area contributed by atoms with Gasteiger partial charge >= 0.3 is 5.97 Å². The molecule has 2 aromatic heterocycles. The predicted molar refractivity (Wildman–Crippen MR) is 94.3 cm³/mol. The van der Waals surface area contributed by atoms with E-state index in [1.807, 2.05) is 6.92 Å². The summed E-state index contributed by atoms with van der Waals surface area (Å²) in [7, 11) is 0. The summed E-state index contributed by atoms with van der Waals surface area (Å²) in [5, 5.41) is 9.06. The number of aromatic amines is 1. The maximum Gasteiger partial charge on any atom is 0.340 e. The van der Waals surface area contributed by atoms with Crippen molar-refractivity contribution < 1.29 is 14.3 Å². The first-order valence-corrected chi connectivity index (χ1v) is 9.36. The van der Waals surface area contributed by atoms with E-state index in [-0.39, 0.29) is 18.1 Å². The predicted octanol–water partition coefficient (Wildman–Crippen LogP) is 3.02. The van der Waals surface area contributed by atoms with E-state index in [1.165, 1.54) is 11.8 Å². The lowest BCUT2D eigenvalue weighted by atomic mass is 10.1. The summed E-state index contributed by atoms with van der Waals surface area (Å²) >= 11 is 1.36. The lowest BCUT2D eigenvalue weighted by Crippen LogP contribution is -2.13. The molecule has 1 fully saturated rings. The van der Waals surface area contributed by atoms with Gasteiger partial charge < -0.3 is 14.3 Å². The Bertz CT molecular complexity index is 820. The number of nitrogens with zero attached hydrogens (tertiary/aromatic N) is 3. The van der Waals surface area contributed by atoms with E-state index in [4.69, 9.17) is 4.74 Å². The maximum atomic E-state index is 12.8. The normalized spacial score (nSPS) is 13.9. The van der Waals surface area contributed by atoms with Crippen molar-refractivity contribution in [2.75, 3.05) is 12.4 Å². The second-order valence-corrected chi connectivity index (χ2v) is 7.13. The minimum Gasteiger partial charge on any atom is -0.462 e. The van der Waals surface area contributed by atoms with Crippen molar-refractivity contribution in [3.05, 3.63) is 28.3 Å². The number of rotatable bonds is 7. The molecule has 0 radical (unpaired) electrons. The van der Waals surface area contributed by atoms with Crippen molar-refractivity contribution in [1.29, 1.82) is 0 Å². The van der Waals surface area contributed by atoms with E-state index < -0.39 is 5.97 Å². The van der Waals surface area contributed by atoms with Crippen molar-refractivity contribution in [3.63, 3.8) is 0 Å². The van der Waals surface area contributed by atoms with Gasteiger partial charge in [-0.15, -0.1) is 10.2 Å². The fourth-order valence-electron chi connectivity index (χ4n) is 2.99. The number of hydrogen-bond donors (Lipinski definition) is 1. The van der Waals surface area contributed by atoms with Gasteiger partial charge in [0.15, 0.2) is 10.9 Å². The van der Waals surface area contributed by atoms with Crippen LogP contribution in [0.2, 0.25) is 0 Å². The summed E-state index contributed by atoms with van der Waals surface area (Å²) in [4.78, 5) is 28.1. The van der Waals surface area contributed by atoms with E-state index in [0.717, 1.165) is 23.8 Å². The topological polar surface area (TPSA) is 89.9 Å². The Morgan fingerprint density at radius 1 is 1.20 bits per heavy atom. The molecular formula is C17H22N4O3S. The van der Waals surface area contributed by atoms with E-state index >= 15 is 0 Å². The summed E-state index contributed by atoms with van der Waals surface area (Å²) in [5.74, 6) is 0.501. The van der Waals surface area contributed by atoms with Gasteiger partial charge in [-0.05, 0) is 40.5 Å². The lowest BCUT2D eigenvalue weighted by molar-refractivity contribution is 0.0522. The third-order valence-electron chi connectivity index (χ3n) is 4.21. The molecule has 0 amide bonds. The molecule has 0 spiro atoms. The number of thioether (sulfide) groups is 1. The highest BCUT2D eigenvalue weighted by molar-refractivity contribution is 7.99. The number of nitrogens with one attached hydrogen (secondary N) is 1. The Kier molecular flexibility index (Phi) is 4.99. The van der Waals surface area contributed by atoms with Crippen molar-refractivity contribution in [1.82, 2.24) is 19.7 Å². The number of ketones is 1. The largest absolute Gasteiger partial charge is 0.462 e. The van der Waals surface area contributed by atoms with Gasteiger partial charge in [0.05, 0.1) is 23.5 Å². The minimum atomic E-state index is -0.463. The molecule has 0 bridgehead atoms. The van der Waals surface area contributed by atoms with Gasteiger partial charge in [0.2, 0.25) is 0 Å². The zero-order valence-corrected chi connectivity index (χ0v) is 15.7. The van der Waals surface area contributed by atoms with Crippen LogP contribution in [-0.2, 0) is 4.74 Å². The second kappa shape index (κ2) is 7.03. The van der Waals surface area contributed by atoms with Gasteiger partial charge in [-0.3, -0.25) is 4.79 Å². The van der Waals surface area contributed by atoms with Crippen LogP contribution >= 0.6 is 11.8 Å². The standard InChI is InChI=1S/C17H22N4O3S/c1-5-24-16(23)15-10(3)18-9(2)14(15)13(22)8-25-17-20-19-11(4)21(17)12-6-7-12/h12,18H,5-8H2,1-4H3. The first-order valence-electron chi connectivity index (χ1n) is 8.37. The van der Waals surface area contributed by atoms with Crippen LogP contribution < -0.4 is 0 Å². The van der Waals surface area contributed by atoms with Gasteiger partial charge in [-0.1, -0.05) is 11.8 Å². The molecule has 0 aliphatic heterocycles. The molecule has 2 aromatic rings. The third-order valence-corrected chi connectivity index (χ3v) is 5.16. The van der Waals surface area contributed by atoms with Gasteiger partial charge in [0.25, 0.3) is 0 Å². The summed E-state index contributed by atoms with van der Waals surface area (Å²) in [6.45, 7) is 7.52. The van der Waals surface area contributed by atoms with E-state index in [1.54, 1.807) is 20.8 Å². The lowest BCUT2D eigenvalue weighted by Gasteiger charge is -2.07. The number of carbonyl (C=O) groups is 2. The SMILES string of the molecule is CCOC(=O)c1c(C)[nH]c(C)c1C(=O)CSc1nnc(C)n1C1CC1. The Hall–Kier alpha value is -2.09. The first-order chi connectivity index (χ1) is 11.9. The number of carbonyl (C=O) groups excluding carboxylic acids is 2. The molecule has 1 aliphatic rings. The Balaban J connectivity index is 1.79. The second-order valence-electron chi connectivity index (χ2n) is 6.19. The van der Waals surface area contributed by atoms with E-state index in [2.05, 4.69) is 19.7 Å². The third kappa shape index (κ3) is 3.49. The summed E-state index contributed by atoms with van der Waals surface area (Å²) < 4.78 is 7.19. The molecule has 3 rings (SSSR count). The van der Waals surface area contributed by atoms with Crippen LogP contribution in [0.25, 0.3) is 0 Å². The van der Waals surface area contributed by atoms with Crippen molar-refractivity contribution in [3.8, 4) is 0 Å². The molecule has 0 aromatic carbocycles. The van der Waals surface area contributed by atoms with Crippen LogP contribution in [-0.4, -0.2) is 43.9 Å². The summed E-state index contributed by atoms with van der Waals surface area (Å²) in [6.07, 6.45) is 2.26. The number of aromatic nitrogens is 4. The molecule has 0 saturated heterocycles. The quantitative estimate of drug-likeness (QED) is 0.463. The molecule has 1 saturated carbocycles. The van der Waals surface area contributed by atoms with Crippen LogP contribution in [0.4, 0.5) is 0 Å². The van der Waals surface area contributed by atoms with Crippen LogP contribution in [0.1, 0.15) is 63.7 Å². The van der Waals surface area contributed by atoms with Gasteiger partial charge in [-0.25, -0.2) is 4.79 Å². The molecule has 1 N–H and O–H groups in total. The highest BCUT2D eigenvalue weighted by Crippen LogP contribution is 2.38. The monoisotopic (exact) mass is 362 g/mol. The maximum absolute atomic E-state index is 12.8. The van der Waals surface area contributed by atoms with Gasteiger partial charge in [-0.2, -0.15) is 0 Å². The zero-order chi connectivity index (χ0) is 18.1. The molecule has 8 heteroatoms. The number of Topliss-reactive ketones (excluding diaryl/α,β-unsaturated/α-hetero) is 1. The summed E-state index contributed by atoms with van der Waals surface area (Å²) in [5.41, 5.74) is 2.09. The fourth-order valence-corrected chi connectivity index (χ4v) is 3.92. The van der Waals surface area contributed by atoms with Gasteiger partial charge in [0.1, 0.15) is 5.82 Å². The van der Waals surface area contributed by atoms with Crippen LogP contribution in [0.15, 0.2) is 5.16 Å². The number of hydrogen-bond acceptors (Lipinski definition) is 6. The number of ether oxygens (including phenoxy) is 1. The van der Waals surface area contributed by atoms with Crippen molar-refractivity contribution in [2.24, 2.45) is 0 Å². The van der Waals surface area contributed by atoms with E-state index in [9.17, 15) is 9.59 Å². The highest BCUT2D eigenvalue weighted by Gasteiger charge is 2.29. The highest BCUT2D eigenvalue weighted by atomic mass is 32.2. The van der Waals surface area contributed by atoms with Crippen molar-refractivity contribution >= 4 is 23.5 Å². The van der Waals surface area contributed by atoms with Gasteiger partial charge in [0, 0.05) is 17.4 Å². The minimum absolute atomic E-state index is 0.113. The van der Waals surface area contributed by atoms with Crippen molar-refractivity contribution in [2.45, 2.75) is 51.7 Å². The molecular weight excluding hydrogens is 340 g/mol. The number of H-pyrrole nitrogens is 1. The average Bonchev–Trinajstić information content (AvgIpc) is 3.25. The Morgan fingerprint density at radius 3 is 2.52 bits per heavy atom. The van der Waals surface area contributed by atoms with E-state index in [0.29, 0.717) is 28.6 Å². The average molecular weight is 362 g/mol. The zero-order valence-electron chi connectivity index (χ0n) is 14.9. The molecule has 25 heavy (non-hydrogen) atoms. The molecule has 1 aliphatic carbocycles.